The highest BCUT2D eigenvalue weighted by Crippen LogP contribution is 2.29. The van der Waals surface area contributed by atoms with E-state index in [-0.39, 0.29) is 5.75 Å². The summed E-state index contributed by atoms with van der Waals surface area (Å²) in [5.41, 5.74) is -0.656. The standard InChI is InChI=1S/C11H23NO3S/c1-10-9-11(13,6-7-12(10)2)5-4-8-16(3,14)15/h10,13H,4-9H2,1-3H3. The van der Waals surface area contributed by atoms with Gasteiger partial charge in [-0.3, -0.25) is 0 Å². The Labute approximate surface area is 98.6 Å². The Balaban J connectivity index is 2.41. The lowest BCUT2D eigenvalue weighted by molar-refractivity contribution is -0.0420. The first-order valence-corrected chi connectivity index (χ1v) is 7.88. The molecule has 1 heterocycles. The Hall–Kier alpha value is -0.130. The Morgan fingerprint density at radius 2 is 2.12 bits per heavy atom. The number of hydrogen-bond donors (Lipinski definition) is 1. The molecule has 1 rings (SSSR count). The lowest BCUT2D eigenvalue weighted by atomic mass is 9.84. The van der Waals surface area contributed by atoms with Crippen molar-refractivity contribution in [2.75, 3.05) is 25.6 Å². The van der Waals surface area contributed by atoms with Crippen molar-refractivity contribution in [1.29, 1.82) is 0 Å². The highest BCUT2D eigenvalue weighted by molar-refractivity contribution is 7.90. The number of piperidine rings is 1. The van der Waals surface area contributed by atoms with Gasteiger partial charge in [0.1, 0.15) is 9.84 Å². The molecule has 2 atom stereocenters. The van der Waals surface area contributed by atoms with Gasteiger partial charge >= 0.3 is 0 Å². The smallest absolute Gasteiger partial charge is 0.147 e. The van der Waals surface area contributed by atoms with E-state index >= 15 is 0 Å². The van der Waals surface area contributed by atoms with Crippen LogP contribution in [-0.2, 0) is 9.84 Å². The second-order valence-electron chi connectivity index (χ2n) is 5.24. The van der Waals surface area contributed by atoms with E-state index in [9.17, 15) is 13.5 Å². The molecule has 0 aromatic heterocycles. The predicted octanol–water partition coefficient (Wildman–Crippen LogP) is 0.656. The number of aliphatic hydroxyl groups is 1. The Morgan fingerprint density at radius 3 is 2.62 bits per heavy atom. The first kappa shape index (κ1) is 13.9. The lowest BCUT2D eigenvalue weighted by Crippen LogP contribution is -2.47. The van der Waals surface area contributed by atoms with Crippen molar-refractivity contribution in [2.24, 2.45) is 0 Å². The topological polar surface area (TPSA) is 57.6 Å². The summed E-state index contributed by atoms with van der Waals surface area (Å²) >= 11 is 0. The molecule has 0 spiro atoms. The van der Waals surface area contributed by atoms with E-state index in [4.69, 9.17) is 0 Å². The zero-order chi connectivity index (χ0) is 12.4. The average molecular weight is 249 g/mol. The fourth-order valence-corrected chi connectivity index (χ4v) is 2.97. The van der Waals surface area contributed by atoms with Gasteiger partial charge in [-0.25, -0.2) is 8.42 Å². The van der Waals surface area contributed by atoms with Crippen molar-refractivity contribution in [1.82, 2.24) is 4.90 Å². The van der Waals surface area contributed by atoms with Crippen LogP contribution in [0.5, 0.6) is 0 Å². The summed E-state index contributed by atoms with van der Waals surface area (Å²) in [5, 5.41) is 10.3. The molecular formula is C11H23NO3S. The summed E-state index contributed by atoms with van der Waals surface area (Å²) < 4.78 is 22.0. The molecule has 0 aromatic carbocycles. The van der Waals surface area contributed by atoms with E-state index < -0.39 is 15.4 Å². The number of rotatable bonds is 4. The number of likely N-dealkylation sites (tertiary alicyclic amines) is 1. The predicted molar refractivity (Wildman–Crippen MR) is 65.2 cm³/mol. The minimum atomic E-state index is -2.90. The third-order valence-electron chi connectivity index (χ3n) is 3.51. The quantitative estimate of drug-likeness (QED) is 0.795. The van der Waals surface area contributed by atoms with Crippen molar-refractivity contribution < 1.29 is 13.5 Å². The van der Waals surface area contributed by atoms with E-state index in [1.807, 2.05) is 0 Å². The first-order chi connectivity index (χ1) is 7.22. The SMILES string of the molecule is CC1CC(O)(CCCS(C)(=O)=O)CCN1C. The van der Waals surface area contributed by atoms with E-state index in [0.717, 1.165) is 19.4 Å². The molecule has 1 fully saturated rings. The highest BCUT2D eigenvalue weighted by Gasteiger charge is 2.34. The van der Waals surface area contributed by atoms with Crippen LogP contribution >= 0.6 is 0 Å². The molecule has 0 amide bonds. The Kier molecular flexibility index (Phi) is 4.37. The van der Waals surface area contributed by atoms with Gasteiger partial charge in [0.25, 0.3) is 0 Å². The molecule has 1 aliphatic rings. The first-order valence-electron chi connectivity index (χ1n) is 5.82. The van der Waals surface area contributed by atoms with Crippen molar-refractivity contribution in [3.63, 3.8) is 0 Å². The van der Waals surface area contributed by atoms with E-state index in [1.165, 1.54) is 6.26 Å². The van der Waals surface area contributed by atoms with Gasteiger partial charge in [0.15, 0.2) is 0 Å². The molecule has 0 bridgehead atoms. The molecule has 2 unspecified atom stereocenters. The summed E-state index contributed by atoms with van der Waals surface area (Å²) in [6.07, 6.45) is 3.89. The molecule has 0 aromatic rings. The van der Waals surface area contributed by atoms with Gasteiger partial charge in [-0.05, 0) is 39.7 Å². The van der Waals surface area contributed by atoms with Gasteiger partial charge in [-0.1, -0.05) is 0 Å². The zero-order valence-electron chi connectivity index (χ0n) is 10.4. The third-order valence-corrected chi connectivity index (χ3v) is 4.55. The van der Waals surface area contributed by atoms with E-state index in [2.05, 4.69) is 18.9 Å². The maximum atomic E-state index is 11.0. The number of hydrogen-bond acceptors (Lipinski definition) is 4. The van der Waals surface area contributed by atoms with Crippen LogP contribution in [0, 0.1) is 0 Å². The third kappa shape index (κ3) is 4.39. The van der Waals surface area contributed by atoms with Gasteiger partial charge in [0, 0.05) is 24.6 Å². The second-order valence-corrected chi connectivity index (χ2v) is 7.50. The van der Waals surface area contributed by atoms with Crippen LogP contribution in [0.2, 0.25) is 0 Å². The molecule has 1 saturated heterocycles. The minimum absolute atomic E-state index is 0.180. The minimum Gasteiger partial charge on any atom is -0.390 e. The summed E-state index contributed by atoms with van der Waals surface area (Å²) in [5.74, 6) is 0.180. The molecule has 0 saturated carbocycles. The van der Waals surface area contributed by atoms with Crippen LogP contribution < -0.4 is 0 Å². The fourth-order valence-electron chi connectivity index (χ4n) is 2.30. The van der Waals surface area contributed by atoms with Crippen molar-refractivity contribution in [3.8, 4) is 0 Å². The maximum Gasteiger partial charge on any atom is 0.147 e. The van der Waals surface area contributed by atoms with Gasteiger partial charge in [-0.15, -0.1) is 0 Å². The van der Waals surface area contributed by atoms with Crippen LogP contribution in [0.1, 0.15) is 32.6 Å². The number of nitrogens with zero attached hydrogens (tertiary/aromatic N) is 1. The maximum absolute atomic E-state index is 11.0. The normalized spacial score (nSPS) is 32.9. The van der Waals surface area contributed by atoms with Gasteiger partial charge < -0.3 is 10.0 Å². The molecule has 5 heteroatoms. The molecular weight excluding hydrogens is 226 g/mol. The molecule has 1 N–H and O–H groups in total. The van der Waals surface area contributed by atoms with Gasteiger partial charge in [0.05, 0.1) is 5.60 Å². The van der Waals surface area contributed by atoms with Crippen LogP contribution in [0.25, 0.3) is 0 Å². The molecule has 4 nitrogen and oxygen atoms in total. The molecule has 96 valence electrons. The van der Waals surface area contributed by atoms with Crippen LogP contribution in [-0.4, -0.2) is 55.7 Å². The summed E-state index contributed by atoms with van der Waals surface area (Å²) in [7, 11) is -0.841. The molecule has 0 aliphatic carbocycles. The van der Waals surface area contributed by atoms with Crippen LogP contribution in [0.3, 0.4) is 0 Å². The van der Waals surface area contributed by atoms with E-state index in [0.29, 0.717) is 18.9 Å². The molecule has 0 radical (unpaired) electrons. The monoisotopic (exact) mass is 249 g/mol. The molecule has 16 heavy (non-hydrogen) atoms. The zero-order valence-corrected chi connectivity index (χ0v) is 11.3. The van der Waals surface area contributed by atoms with Crippen molar-refractivity contribution in [3.05, 3.63) is 0 Å². The van der Waals surface area contributed by atoms with Crippen molar-refractivity contribution in [2.45, 2.75) is 44.2 Å². The summed E-state index contributed by atoms with van der Waals surface area (Å²) in [4.78, 5) is 2.23. The van der Waals surface area contributed by atoms with Gasteiger partial charge in [0.2, 0.25) is 0 Å². The van der Waals surface area contributed by atoms with E-state index in [1.54, 1.807) is 0 Å². The Morgan fingerprint density at radius 1 is 1.50 bits per heavy atom. The highest BCUT2D eigenvalue weighted by atomic mass is 32.2. The lowest BCUT2D eigenvalue weighted by Gasteiger charge is -2.41. The summed E-state index contributed by atoms with van der Waals surface area (Å²) in [6.45, 7) is 2.98. The summed E-state index contributed by atoms with van der Waals surface area (Å²) in [6, 6.07) is 0.372. The van der Waals surface area contributed by atoms with Crippen molar-refractivity contribution >= 4 is 9.84 Å². The average Bonchev–Trinajstić information content (AvgIpc) is 2.10. The van der Waals surface area contributed by atoms with Gasteiger partial charge in [-0.2, -0.15) is 0 Å². The van der Waals surface area contributed by atoms with Crippen LogP contribution in [0.15, 0.2) is 0 Å². The second kappa shape index (κ2) is 5.02. The molecule has 1 aliphatic heterocycles. The number of sulfone groups is 1. The fraction of sp³-hybridized carbons (Fsp3) is 1.00. The Bertz CT molecular complexity index is 328. The van der Waals surface area contributed by atoms with Crippen LogP contribution in [0.4, 0.5) is 0 Å². The largest absolute Gasteiger partial charge is 0.390 e.